The molecule has 7 heteroatoms. The molecule has 0 aliphatic rings. The zero-order chi connectivity index (χ0) is 21.8. The summed E-state index contributed by atoms with van der Waals surface area (Å²) in [4.78, 5) is 43.0. The molecular formula is C23H24N2O5. The summed E-state index contributed by atoms with van der Waals surface area (Å²) in [5.41, 5.74) is 2.14. The number of methoxy groups -OCH3 is 1. The highest BCUT2D eigenvalue weighted by Crippen LogP contribution is 2.24. The van der Waals surface area contributed by atoms with Crippen LogP contribution < -0.4 is 0 Å². The van der Waals surface area contributed by atoms with E-state index in [1.165, 1.54) is 18.3 Å². The van der Waals surface area contributed by atoms with E-state index in [1.54, 1.807) is 57.2 Å². The van der Waals surface area contributed by atoms with Crippen molar-refractivity contribution in [2.24, 2.45) is 0 Å². The van der Waals surface area contributed by atoms with E-state index in [4.69, 9.17) is 9.15 Å². The number of ether oxygens (including phenoxy) is 1. The third-order valence-corrected chi connectivity index (χ3v) is 5.11. The standard InChI is InChI=1S/C23H24N2O5/c1-14-19(15(2)24-20(14)23(28)29-4)21(26)16(3)25(13-18-11-8-12-30-18)22(27)17-9-6-5-7-10-17/h5-12,16,24H,13H2,1-4H3/t16-/m1/s1. The lowest BCUT2D eigenvalue weighted by molar-refractivity contribution is 0.0590. The van der Waals surface area contributed by atoms with Crippen molar-refractivity contribution in [1.29, 1.82) is 0 Å². The Kier molecular flexibility index (Phi) is 6.20. The molecule has 0 fully saturated rings. The predicted molar refractivity (Wildman–Crippen MR) is 110 cm³/mol. The molecule has 2 aromatic heterocycles. The molecule has 2 heterocycles. The van der Waals surface area contributed by atoms with Gasteiger partial charge in [-0.15, -0.1) is 0 Å². The number of H-pyrrole nitrogens is 1. The van der Waals surface area contributed by atoms with Crippen LogP contribution in [-0.4, -0.2) is 40.7 Å². The molecule has 3 rings (SSSR count). The minimum atomic E-state index is -0.790. The van der Waals surface area contributed by atoms with E-state index in [-0.39, 0.29) is 23.9 Å². The maximum Gasteiger partial charge on any atom is 0.354 e. The van der Waals surface area contributed by atoms with E-state index < -0.39 is 12.0 Å². The first-order valence-electron chi connectivity index (χ1n) is 9.55. The van der Waals surface area contributed by atoms with Crippen LogP contribution in [0, 0.1) is 13.8 Å². The van der Waals surface area contributed by atoms with Gasteiger partial charge in [0.1, 0.15) is 11.5 Å². The van der Waals surface area contributed by atoms with Gasteiger partial charge in [-0.25, -0.2) is 4.79 Å². The first kappa shape index (κ1) is 21.1. The monoisotopic (exact) mass is 408 g/mol. The smallest absolute Gasteiger partial charge is 0.354 e. The van der Waals surface area contributed by atoms with E-state index in [0.717, 1.165) is 0 Å². The number of aryl methyl sites for hydroxylation is 1. The molecule has 0 saturated carbocycles. The van der Waals surface area contributed by atoms with E-state index in [0.29, 0.717) is 28.1 Å². The summed E-state index contributed by atoms with van der Waals surface area (Å²) in [5.74, 6) is -0.536. The maximum absolute atomic E-state index is 13.4. The SMILES string of the molecule is COC(=O)c1[nH]c(C)c(C(=O)[C@@H](C)N(Cc2ccco2)C(=O)c2ccccc2)c1C. The fraction of sp³-hybridized carbons (Fsp3) is 0.261. The fourth-order valence-corrected chi connectivity index (χ4v) is 3.48. The molecule has 0 unspecified atom stereocenters. The highest BCUT2D eigenvalue weighted by atomic mass is 16.5. The number of amides is 1. The van der Waals surface area contributed by atoms with Gasteiger partial charge >= 0.3 is 5.97 Å². The average Bonchev–Trinajstić information content (AvgIpc) is 3.38. The van der Waals surface area contributed by atoms with Gasteiger partial charge in [0.25, 0.3) is 5.91 Å². The van der Waals surface area contributed by atoms with Gasteiger partial charge in [0.05, 0.1) is 26.0 Å². The second kappa shape index (κ2) is 8.82. The summed E-state index contributed by atoms with van der Waals surface area (Å²) in [6.45, 7) is 5.22. The third kappa shape index (κ3) is 4.05. The minimum Gasteiger partial charge on any atom is -0.467 e. The second-order valence-corrected chi connectivity index (χ2v) is 7.04. The molecule has 0 radical (unpaired) electrons. The van der Waals surface area contributed by atoms with Crippen molar-refractivity contribution in [2.45, 2.75) is 33.4 Å². The molecule has 3 aromatic rings. The molecule has 0 spiro atoms. The number of ketones is 1. The number of carbonyl (C=O) groups excluding carboxylic acids is 3. The van der Waals surface area contributed by atoms with Crippen molar-refractivity contribution >= 4 is 17.7 Å². The molecule has 1 amide bonds. The first-order valence-corrected chi connectivity index (χ1v) is 9.55. The molecule has 0 saturated heterocycles. The number of esters is 1. The van der Waals surface area contributed by atoms with Gasteiger partial charge in [-0.05, 0) is 50.6 Å². The Bertz CT molecular complexity index is 1050. The number of hydrogen-bond acceptors (Lipinski definition) is 5. The summed E-state index contributed by atoms with van der Waals surface area (Å²) in [5, 5.41) is 0. The van der Waals surface area contributed by atoms with Crippen molar-refractivity contribution in [3.05, 3.63) is 82.6 Å². The Morgan fingerprint density at radius 1 is 1.10 bits per heavy atom. The number of rotatable bonds is 7. The van der Waals surface area contributed by atoms with Crippen molar-refractivity contribution in [1.82, 2.24) is 9.88 Å². The van der Waals surface area contributed by atoms with Crippen LogP contribution in [0.3, 0.4) is 0 Å². The largest absolute Gasteiger partial charge is 0.467 e. The molecular weight excluding hydrogens is 384 g/mol. The number of Topliss-reactive ketones (excluding diaryl/α,β-unsaturated/α-hetero) is 1. The number of benzene rings is 1. The molecule has 30 heavy (non-hydrogen) atoms. The van der Waals surface area contributed by atoms with Crippen LogP contribution in [0.2, 0.25) is 0 Å². The molecule has 0 aliphatic heterocycles. The number of carbonyl (C=O) groups is 3. The van der Waals surface area contributed by atoms with Crippen LogP contribution >= 0.6 is 0 Å². The quantitative estimate of drug-likeness (QED) is 0.472. The zero-order valence-corrected chi connectivity index (χ0v) is 17.4. The molecule has 0 aliphatic carbocycles. The molecule has 7 nitrogen and oxygen atoms in total. The number of aromatic nitrogens is 1. The maximum atomic E-state index is 13.4. The van der Waals surface area contributed by atoms with Crippen molar-refractivity contribution in [2.75, 3.05) is 7.11 Å². The number of aromatic amines is 1. The fourth-order valence-electron chi connectivity index (χ4n) is 3.48. The Hall–Kier alpha value is -3.61. The normalized spacial score (nSPS) is 11.7. The number of nitrogens with zero attached hydrogens (tertiary/aromatic N) is 1. The lowest BCUT2D eigenvalue weighted by atomic mass is 9.99. The van der Waals surface area contributed by atoms with Gasteiger partial charge < -0.3 is 19.0 Å². The minimum absolute atomic E-state index is 0.139. The van der Waals surface area contributed by atoms with Gasteiger partial charge in [0.15, 0.2) is 5.78 Å². The zero-order valence-electron chi connectivity index (χ0n) is 17.4. The van der Waals surface area contributed by atoms with Crippen LogP contribution in [0.25, 0.3) is 0 Å². The number of nitrogens with one attached hydrogen (secondary N) is 1. The topological polar surface area (TPSA) is 92.6 Å². The van der Waals surface area contributed by atoms with E-state index in [2.05, 4.69) is 4.98 Å². The van der Waals surface area contributed by atoms with Crippen molar-refractivity contribution in [3.8, 4) is 0 Å². The summed E-state index contributed by atoms with van der Waals surface area (Å²) in [6, 6.07) is 11.5. The second-order valence-electron chi connectivity index (χ2n) is 7.04. The molecule has 1 aromatic carbocycles. The van der Waals surface area contributed by atoms with Gasteiger partial charge in [-0.2, -0.15) is 0 Å². The molecule has 156 valence electrons. The van der Waals surface area contributed by atoms with Gasteiger partial charge in [0.2, 0.25) is 0 Å². The van der Waals surface area contributed by atoms with Crippen LogP contribution in [0.1, 0.15) is 55.1 Å². The van der Waals surface area contributed by atoms with Crippen LogP contribution in [-0.2, 0) is 11.3 Å². The van der Waals surface area contributed by atoms with Crippen LogP contribution in [0.4, 0.5) is 0 Å². The van der Waals surface area contributed by atoms with Gasteiger partial charge in [0, 0.05) is 16.8 Å². The average molecular weight is 408 g/mol. The van der Waals surface area contributed by atoms with E-state index in [1.807, 2.05) is 6.07 Å². The summed E-state index contributed by atoms with van der Waals surface area (Å²) in [6.07, 6.45) is 1.52. The Labute approximate surface area is 174 Å². The summed E-state index contributed by atoms with van der Waals surface area (Å²) in [7, 11) is 1.28. The molecule has 1 N–H and O–H groups in total. The van der Waals surface area contributed by atoms with Crippen molar-refractivity contribution < 1.29 is 23.5 Å². The Balaban J connectivity index is 1.97. The van der Waals surface area contributed by atoms with Crippen LogP contribution in [0.5, 0.6) is 0 Å². The lowest BCUT2D eigenvalue weighted by Crippen LogP contribution is -2.43. The van der Waals surface area contributed by atoms with E-state index in [9.17, 15) is 14.4 Å². The highest BCUT2D eigenvalue weighted by Gasteiger charge is 2.32. The molecule has 1 atom stereocenters. The third-order valence-electron chi connectivity index (χ3n) is 5.11. The van der Waals surface area contributed by atoms with Gasteiger partial charge in [-0.1, -0.05) is 18.2 Å². The number of hydrogen-bond donors (Lipinski definition) is 1. The van der Waals surface area contributed by atoms with Crippen LogP contribution in [0.15, 0.2) is 53.1 Å². The Morgan fingerprint density at radius 3 is 2.40 bits per heavy atom. The highest BCUT2D eigenvalue weighted by molar-refractivity contribution is 6.07. The summed E-state index contributed by atoms with van der Waals surface area (Å²) < 4.78 is 10.2. The van der Waals surface area contributed by atoms with Gasteiger partial charge in [-0.3, -0.25) is 9.59 Å². The van der Waals surface area contributed by atoms with E-state index >= 15 is 0 Å². The first-order chi connectivity index (χ1) is 14.3. The molecule has 0 bridgehead atoms. The predicted octanol–water partition coefficient (Wildman–Crippen LogP) is 3.92. The van der Waals surface area contributed by atoms with Crippen molar-refractivity contribution in [3.63, 3.8) is 0 Å². The Morgan fingerprint density at radius 2 is 1.80 bits per heavy atom. The number of furan rings is 1. The lowest BCUT2D eigenvalue weighted by Gasteiger charge is -2.28. The summed E-state index contributed by atoms with van der Waals surface area (Å²) >= 11 is 0.